The van der Waals surface area contributed by atoms with E-state index in [4.69, 9.17) is 0 Å². The molecule has 2 N–H and O–H groups in total. The molecule has 0 bridgehead atoms. The molecule has 3 aromatic heterocycles. The average molecular weight is 326 g/mol. The van der Waals surface area contributed by atoms with E-state index < -0.39 is 6.08 Å². The quantitative estimate of drug-likeness (QED) is 0.701. The Labute approximate surface area is 137 Å². The molecule has 3 rings (SSSR count). The predicted molar refractivity (Wildman–Crippen MR) is 85.5 cm³/mol. The van der Waals surface area contributed by atoms with Gasteiger partial charge in [0, 0.05) is 42.3 Å². The summed E-state index contributed by atoms with van der Waals surface area (Å²) >= 11 is 0. The molecule has 0 unspecified atom stereocenters. The zero-order valence-electron chi connectivity index (χ0n) is 13.0. The van der Waals surface area contributed by atoms with Crippen molar-refractivity contribution in [3.8, 4) is 11.3 Å². The fraction of sp³-hybridized carbons (Fsp3) is 0.188. The highest BCUT2D eigenvalue weighted by atomic mass is 19.1. The number of anilines is 1. The number of aromatic amines is 1. The van der Waals surface area contributed by atoms with Gasteiger partial charge in [-0.3, -0.25) is 14.9 Å². The molecule has 122 valence electrons. The summed E-state index contributed by atoms with van der Waals surface area (Å²) in [5.41, 5.74) is 3.23. The first kappa shape index (κ1) is 15.7. The molecule has 0 atom stereocenters. The summed E-state index contributed by atoms with van der Waals surface area (Å²) in [5, 5.41) is 9.86. The number of halogens is 1. The zero-order valence-corrected chi connectivity index (χ0v) is 13.0. The Morgan fingerprint density at radius 3 is 2.67 bits per heavy atom. The van der Waals surface area contributed by atoms with Gasteiger partial charge in [0.25, 0.3) is 0 Å². The fourth-order valence-electron chi connectivity index (χ4n) is 2.24. The number of carbonyl (C=O) groups excluding carboxylic acids is 1. The number of rotatable bonds is 5. The molecule has 8 heteroatoms. The van der Waals surface area contributed by atoms with E-state index in [2.05, 4.69) is 30.5 Å². The van der Waals surface area contributed by atoms with Crippen LogP contribution in [-0.4, -0.2) is 31.1 Å². The minimum absolute atomic E-state index is 0.174. The Morgan fingerprint density at radius 2 is 1.96 bits per heavy atom. The number of aromatic nitrogens is 5. The number of pyridine rings is 1. The maximum absolute atomic E-state index is 12.6. The number of amides is 1. The molecule has 24 heavy (non-hydrogen) atoms. The second-order valence-electron chi connectivity index (χ2n) is 5.22. The normalized spacial score (nSPS) is 10.6. The van der Waals surface area contributed by atoms with Crippen molar-refractivity contribution < 1.29 is 9.18 Å². The van der Waals surface area contributed by atoms with E-state index in [1.807, 2.05) is 19.1 Å². The maximum atomic E-state index is 12.6. The van der Waals surface area contributed by atoms with E-state index >= 15 is 0 Å². The predicted octanol–water partition coefficient (Wildman–Crippen LogP) is 2.28. The lowest BCUT2D eigenvalue weighted by Crippen LogP contribution is -2.13. The van der Waals surface area contributed by atoms with Crippen LogP contribution in [0.25, 0.3) is 11.3 Å². The standard InChI is InChI=1S/C16H15FN6O/c1-10-14(12-4-6-18-7-5-12)22-23-15(10)21-13(24)3-2-11-8-19-16(17)20-9-11/h4-9H,2-3H2,1H3,(H2,21,22,23,24). The van der Waals surface area contributed by atoms with Gasteiger partial charge in [0.1, 0.15) is 5.82 Å². The minimum atomic E-state index is -0.778. The van der Waals surface area contributed by atoms with E-state index in [9.17, 15) is 9.18 Å². The molecule has 3 heterocycles. The number of H-pyrrole nitrogens is 1. The third-order valence-corrected chi connectivity index (χ3v) is 3.54. The largest absolute Gasteiger partial charge is 0.311 e. The third-order valence-electron chi connectivity index (χ3n) is 3.54. The van der Waals surface area contributed by atoms with Gasteiger partial charge in [-0.2, -0.15) is 9.49 Å². The number of aryl methyl sites for hydroxylation is 1. The van der Waals surface area contributed by atoms with Crippen molar-refractivity contribution >= 4 is 11.7 Å². The molecule has 3 aromatic rings. The Balaban J connectivity index is 1.63. The van der Waals surface area contributed by atoms with Crippen LogP contribution in [-0.2, 0) is 11.2 Å². The van der Waals surface area contributed by atoms with Gasteiger partial charge in [-0.1, -0.05) is 0 Å². The van der Waals surface area contributed by atoms with E-state index in [0.29, 0.717) is 17.8 Å². The maximum Gasteiger partial charge on any atom is 0.308 e. The van der Waals surface area contributed by atoms with Crippen molar-refractivity contribution in [2.45, 2.75) is 19.8 Å². The topological polar surface area (TPSA) is 96.5 Å². The Morgan fingerprint density at radius 1 is 1.25 bits per heavy atom. The molecule has 1 amide bonds. The molecular formula is C16H15FN6O. The molecule has 0 aliphatic heterocycles. The second-order valence-corrected chi connectivity index (χ2v) is 5.22. The molecule has 0 fully saturated rings. The summed E-state index contributed by atoms with van der Waals surface area (Å²) in [6, 6.07) is 3.70. The summed E-state index contributed by atoms with van der Waals surface area (Å²) in [6.07, 6.45) is 6.00. The van der Waals surface area contributed by atoms with Crippen LogP contribution >= 0.6 is 0 Å². The van der Waals surface area contributed by atoms with Gasteiger partial charge < -0.3 is 5.32 Å². The Hall–Kier alpha value is -3.16. The van der Waals surface area contributed by atoms with Crippen LogP contribution in [0, 0.1) is 13.0 Å². The van der Waals surface area contributed by atoms with Crippen LogP contribution in [0.5, 0.6) is 0 Å². The first-order valence-electron chi connectivity index (χ1n) is 7.35. The molecule has 7 nitrogen and oxygen atoms in total. The highest BCUT2D eigenvalue weighted by Gasteiger charge is 2.13. The van der Waals surface area contributed by atoms with E-state index in [0.717, 1.165) is 16.8 Å². The van der Waals surface area contributed by atoms with Crippen molar-refractivity contribution in [2.24, 2.45) is 0 Å². The number of nitrogens with one attached hydrogen (secondary N) is 2. The van der Waals surface area contributed by atoms with Crippen LogP contribution in [0.1, 0.15) is 17.5 Å². The lowest BCUT2D eigenvalue weighted by molar-refractivity contribution is -0.116. The van der Waals surface area contributed by atoms with Gasteiger partial charge in [-0.15, -0.1) is 0 Å². The van der Waals surface area contributed by atoms with E-state index in [1.165, 1.54) is 12.4 Å². The smallest absolute Gasteiger partial charge is 0.308 e. The molecule has 0 saturated carbocycles. The highest BCUT2D eigenvalue weighted by molar-refractivity contribution is 5.91. The van der Waals surface area contributed by atoms with Crippen LogP contribution < -0.4 is 5.32 Å². The highest BCUT2D eigenvalue weighted by Crippen LogP contribution is 2.25. The summed E-state index contributed by atoms with van der Waals surface area (Å²) in [4.78, 5) is 23.0. The number of nitrogens with zero attached hydrogens (tertiary/aromatic N) is 4. The summed E-state index contributed by atoms with van der Waals surface area (Å²) in [5.74, 6) is 0.384. The molecular weight excluding hydrogens is 311 g/mol. The first-order chi connectivity index (χ1) is 11.6. The Bertz CT molecular complexity index is 832. The first-order valence-corrected chi connectivity index (χ1v) is 7.35. The Kier molecular flexibility index (Phi) is 4.55. The molecule has 0 aliphatic carbocycles. The van der Waals surface area contributed by atoms with Crippen LogP contribution in [0.15, 0.2) is 36.9 Å². The average Bonchev–Trinajstić information content (AvgIpc) is 2.96. The van der Waals surface area contributed by atoms with Crippen LogP contribution in [0.3, 0.4) is 0 Å². The fourth-order valence-corrected chi connectivity index (χ4v) is 2.24. The van der Waals surface area contributed by atoms with Crippen molar-refractivity contribution in [1.29, 1.82) is 0 Å². The summed E-state index contributed by atoms with van der Waals surface area (Å²) in [7, 11) is 0. The minimum Gasteiger partial charge on any atom is -0.311 e. The van der Waals surface area contributed by atoms with Gasteiger partial charge in [-0.25, -0.2) is 9.97 Å². The van der Waals surface area contributed by atoms with Crippen molar-refractivity contribution in [1.82, 2.24) is 25.1 Å². The number of carbonyl (C=O) groups is 1. The van der Waals surface area contributed by atoms with E-state index in [1.54, 1.807) is 12.4 Å². The van der Waals surface area contributed by atoms with Crippen molar-refractivity contribution in [2.75, 3.05) is 5.32 Å². The lowest BCUT2D eigenvalue weighted by atomic mass is 10.1. The van der Waals surface area contributed by atoms with Gasteiger partial charge in [0.05, 0.1) is 5.69 Å². The molecule has 0 saturated heterocycles. The van der Waals surface area contributed by atoms with Gasteiger partial charge in [-0.05, 0) is 31.0 Å². The van der Waals surface area contributed by atoms with Gasteiger partial charge >= 0.3 is 6.08 Å². The van der Waals surface area contributed by atoms with Crippen LogP contribution in [0.4, 0.5) is 10.2 Å². The number of hydrogen-bond acceptors (Lipinski definition) is 5. The molecule has 0 spiro atoms. The summed E-state index contributed by atoms with van der Waals surface area (Å²) < 4.78 is 12.6. The van der Waals surface area contributed by atoms with Gasteiger partial charge in [0.15, 0.2) is 0 Å². The SMILES string of the molecule is Cc1c(-c2ccncc2)n[nH]c1NC(=O)CCc1cnc(F)nc1. The monoisotopic (exact) mass is 326 g/mol. The van der Waals surface area contributed by atoms with Crippen molar-refractivity contribution in [3.05, 3.63) is 54.1 Å². The second kappa shape index (κ2) is 6.95. The van der Waals surface area contributed by atoms with Crippen molar-refractivity contribution in [3.63, 3.8) is 0 Å². The molecule has 0 radical (unpaired) electrons. The number of hydrogen-bond donors (Lipinski definition) is 2. The third kappa shape index (κ3) is 3.60. The molecule has 0 aromatic carbocycles. The van der Waals surface area contributed by atoms with E-state index in [-0.39, 0.29) is 12.3 Å². The zero-order chi connectivity index (χ0) is 16.9. The van der Waals surface area contributed by atoms with Gasteiger partial charge in [0.2, 0.25) is 5.91 Å². The summed E-state index contributed by atoms with van der Waals surface area (Å²) in [6.45, 7) is 1.88. The van der Waals surface area contributed by atoms with Crippen LogP contribution in [0.2, 0.25) is 0 Å². The lowest BCUT2D eigenvalue weighted by Gasteiger charge is -2.04. The molecule has 0 aliphatic rings.